The van der Waals surface area contributed by atoms with E-state index in [1.54, 1.807) is 17.3 Å². The van der Waals surface area contributed by atoms with E-state index in [1.165, 1.54) is 0 Å². The van der Waals surface area contributed by atoms with Gasteiger partial charge in [0.25, 0.3) is 5.91 Å². The van der Waals surface area contributed by atoms with Crippen molar-refractivity contribution in [3.63, 3.8) is 0 Å². The lowest BCUT2D eigenvalue weighted by atomic mass is 10.1. The van der Waals surface area contributed by atoms with Crippen LogP contribution in [0.25, 0.3) is 0 Å². The van der Waals surface area contributed by atoms with E-state index in [1.807, 2.05) is 50.4 Å². The number of carbonyl (C=O) groups is 1. The molecule has 4 heteroatoms. The highest BCUT2D eigenvalue weighted by molar-refractivity contribution is 9.10. The van der Waals surface area contributed by atoms with Crippen molar-refractivity contribution in [2.45, 2.75) is 13.0 Å². The van der Waals surface area contributed by atoms with Gasteiger partial charge in [-0.2, -0.15) is 0 Å². The van der Waals surface area contributed by atoms with Crippen molar-refractivity contribution in [2.75, 3.05) is 7.05 Å². The van der Waals surface area contributed by atoms with E-state index < -0.39 is 0 Å². The number of amides is 1. The highest BCUT2D eigenvalue weighted by atomic mass is 79.9. The fraction of sp³-hybridized carbons (Fsp3) is 0.200. The molecule has 1 atom stereocenters. The third-order valence-electron chi connectivity index (χ3n) is 3.19. The summed E-state index contributed by atoms with van der Waals surface area (Å²) in [7, 11) is 1.81. The zero-order valence-electron chi connectivity index (χ0n) is 10.9. The number of hydrogen-bond acceptors (Lipinski definition) is 2. The summed E-state index contributed by atoms with van der Waals surface area (Å²) in [6.07, 6.45) is 3.48. The average Bonchev–Trinajstić information content (AvgIpc) is 2.46. The number of nitrogens with zero attached hydrogens (tertiary/aromatic N) is 2. The number of halogens is 1. The van der Waals surface area contributed by atoms with Crippen LogP contribution in [-0.2, 0) is 0 Å². The van der Waals surface area contributed by atoms with Gasteiger partial charge in [0.15, 0.2) is 0 Å². The maximum absolute atomic E-state index is 12.5. The van der Waals surface area contributed by atoms with Crippen molar-refractivity contribution >= 4 is 21.8 Å². The maximum Gasteiger partial charge on any atom is 0.255 e. The smallest absolute Gasteiger partial charge is 0.255 e. The molecule has 2 aromatic rings. The monoisotopic (exact) mass is 318 g/mol. The van der Waals surface area contributed by atoms with Crippen molar-refractivity contribution in [2.24, 2.45) is 0 Å². The normalized spacial score (nSPS) is 11.9. The maximum atomic E-state index is 12.5. The lowest BCUT2D eigenvalue weighted by Gasteiger charge is -2.25. The minimum atomic E-state index is -0.00297. The Bertz CT molecular complexity index is 571. The van der Waals surface area contributed by atoms with Crippen LogP contribution in [0.1, 0.15) is 28.9 Å². The Morgan fingerprint density at radius 3 is 2.47 bits per heavy atom. The first-order valence-electron chi connectivity index (χ1n) is 6.03. The largest absolute Gasteiger partial charge is 0.335 e. The van der Waals surface area contributed by atoms with Gasteiger partial charge in [-0.1, -0.05) is 12.1 Å². The molecule has 0 bridgehead atoms. The Kier molecular flexibility index (Phi) is 4.32. The van der Waals surface area contributed by atoms with Gasteiger partial charge in [-0.25, -0.2) is 0 Å². The number of pyridine rings is 1. The molecule has 98 valence electrons. The Morgan fingerprint density at radius 2 is 1.84 bits per heavy atom. The van der Waals surface area contributed by atoms with Gasteiger partial charge < -0.3 is 4.90 Å². The van der Waals surface area contributed by atoms with Gasteiger partial charge in [0, 0.05) is 23.9 Å². The van der Waals surface area contributed by atoms with Crippen molar-refractivity contribution in [1.29, 1.82) is 0 Å². The molecule has 1 aromatic carbocycles. The van der Waals surface area contributed by atoms with E-state index >= 15 is 0 Å². The van der Waals surface area contributed by atoms with E-state index in [9.17, 15) is 4.79 Å². The number of aromatic nitrogens is 1. The SMILES string of the molecule is CC(c1ccncc1)N(C)C(=O)c1ccccc1Br. The van der Waals surface area contributed by atoms with Crippen LogP contribution in [0.5, 0.6) is 0 Å². The number of rotatable bonds is 3. The number of benzene rings is 1. The van der Waals surface area contributed by atoms with Crippen molar-refractivity contribution < 1.29 is 4.79 Å². The lowest BCUT2D eigenvalue weighted by molar-refractivity contribution is 0.0741. The van der Waals surface area contributed by atoms with Gasteiger partial charge in [0.05, 0.1) is 11.6 Å². The molecule has 0 aliphatic carbocycles. The standard InChI is InChI=1S/C15H15BrN2O/c1-11(12-7-9-17-10-8-12)18(2)15(19)13-5-3-4-6-14(13)16/h3-11H,1-2H3. The molecule has 3 nitrogen and oxygen atoms in total. The van der Waals surface area contributed by atoms with Gasteiger partial charge in [-0.3, -0.25) is 9.78 Å². The summed E-state index contributed by atoms with van der Waals surface area (Å²) in [6.45, 7) is 2.00. The Labute approximate surface area is 121 Å². The highest BCUT2D eigenvalue weighted by Gasteiger charge is 2.20. The minimum Gasteiger partial charge on any atom is -0.335 e. The lowest BCUT2D eigenvalue weighted by Crippen LogP contribution is -2.29. The van der Waals surface area contributed by atoms with Crippen molar-refractivity contribution in [3.8, 4) is 0 Å². The van der Waals surface area contributed by atoms with Crippen molar-refractivity contribution in [1.82, 2.24) is 9.88 Å². The molecule has 1 heterocycles. The zero-order chi connectivity index (χ0) is 13.8. The van der Waals surface area contributed by atoms with Crippen LogP contribution >= 0.6 is 15.9 Å². The topological polar surface area (TPSA) is 33.2 Å². The first kappa shape index (κ1) is 13.7. The molecule has 0 aliphatic heterocycles. The average molecular weight is 319 g/mol. The molecule has 0 fully saturated rings. The summed E-state index contributed by atoms with van der Waals surface area (Å²) in [4.78, 5) is 18.2. The molecule has 0 N–H and O–H groups in total. The highest BCUT2D eigenvalue weighted by Crippen LogP contribution is 2.23. The van der Waals surface area contributed by atoms with Crippen LogP contribution in [0.3, 0.4) is 0 Å². The third kappa shape index (κ3) is 3.01. The summed E-state index contributed by atoms with van der Waals surface area (Å²) in [5.41, 5.74) is 1.74. The molecule has 0 spiro atoms. The van der Waals surface area contributed by atoms with Gasteiger partial charge in [0.1, 0.15) is 0 Å². The first-order valence-corrected chi connectivity index (χ1v) is 6.82. The Morgan fingerprint density at radius 1 is 1.21 bits per heavy atom. The molecule has 2 rings (SSSR count). The van der Waals surface area contributed by atoms with E-state index in [-0.39, 0.29) is 11.9 Å². The second kappa shape index (κ2) is 5.97. The van der Waals surface area contributed by atoms with E-state index in [0.29, 0.717) is 5.56 Å². The predicted octanol–water partition coefficient (Wildman–Crippen LogP) is 3.68. The fourth-order valence-electron chi connectivity index (χ4n) is 1.87. The van der Waals surface area contributed by atoms with Crippen LogP contribution in [0.2, 0.25) is 0 Å². The second-order valence-corrected chi connectivity index (χ2v) is 5.21. The van der Waals surface area contributed by atoms with Crippen molar-refractivity contribution in [3.05, 3.63) is 64.4 Å². The number of hydrogen-bond donors (Lipinski definition) is 0. The Balaban J connectivity index is 2.23. The second-order valence-electron chi connectivity index (χ2n) is 4.35. The first-order chi connectivity index (χ1) is 9.11. The van der Waals surface area contributed by atoms with Gasteiger partial charge >= 0.3 is 0 Å². The predicted molar refractivity (Wildman–Crippen MR) is 78.9 cm³/mol. The summed E-state index contributed by atoms with van der Waals surface area (Å²) < 4.78 is 0.814. The van der Waals surface area contributed by atoms with Gasteiger partial charge in [-0.05, 0) is 52.7 Å². The molecule has 0 saturated carbocycles. The van der Waals surface area contributed by atoms with Crippen LogP contribution in [0.15, 0.2) is 53.3 Å². The quantitative estimate of drug-likeness (QED) is 0.865. The summed E-state index contributed by atoms with van der Waals surface area (Å²) in [5.74, 6) is -0.00297. The summed E-state index contributed by atoms with van der Waals surface area (Å²) >= 11 is 3.41. The molecule has 0 radical (unpaired) electrons. The molecule has 1 unspecified atom stereocenters. The van der Waals surface area contributed by atoms with Gasteiger partial charge in [0.2, 0.25) is 0 Å². The van der Waals surface area contributed by atoms with E-state index in [4.69, 9.17) is 0 Å². The molecule has 19 heavy (non-hydrogen) atoms. The molecular weight excluding hydrogens is 304 g/mol. The van der Waals surface area contributed by atoms with E-state index in [2.05, 4.69) is 20.9 Å². The van der Waals surface area contributed by atoms with Crippen LogP contribution in [0.4, 0.5) is 0 Å². The Hall–Kier alpha value is -1.68. The van der Waals surface area contributed by atoms with Gasteiger partial charge in [-0.15, -0.1) is 0 Å². The third-order valence-corrected chi connectivity index (χ3v) is 3.89. The zero-order valence-corrected chi connectivity index (χ0v) is 12.5. The fourth-order valence-corrected chi connectivity index (χ4v) is 2.32. The molecular formula is C15H15BrN2O. The molecule has 1 aromatic heterocycles. The number of carbonyl (C=O) groups excluding carboxylic acids is 1. The molecule has 1 amide bonds. The molecule has 0 aliphatic rings. The van der Waals surface area contributed by atoms with Crippen LogP contribution < -0.4 is 0 Å². The summed E-state index contributed by atoms with van der Waals surface area (Å²) in [6, 6.07) is 11.3. The van der Waals surface area contributed by atoms with Crippen LogP contribution in [-0.4, -0.2) is 22.8 Å². The van der Waals surface area contributed by atoms with Crippen LogP contribution in [0, 0.1) is 0 Å². The summed E-state index contributed by atoms with van der Waals surface area (Å²) in [5, 5.41) is 0. The minimum absolute atomic E-state index is 0.00241. The van der Waals surface area contributed by atoms with E-state index in [0.717, 1.165) is 10.0 Å². The molecule has 0 saturated heterocycles.